The van der Waals surface area contributed by atoms with Crippen molar-refractivity contribution in [3.63, 3.8) is 0 Å². The largest absolute Gasteiger partial charge is 0.385 e. The minimum absolute atomic E-state index is 0.110. The number of rotatable bonds is 2. The number of aliphatic hydroxyl groups is 1. The van der Waals surface area contributed by atoms with Crippen LogP contribution in [0, 0.1) is 11.8 Å². The first kappa shape index (κ1) is 17.0. The average Bonchev–Trinajstić information content (AvgIpc) is 2.69. The van der Waals surface area contributed by atoms with Crippen LogP contribution in [0.15, 0.2) is 30.3 Å². The number of nitrogens with zero attached hydrogens (tertiary/aromatic N) is 1. The minimum atomic E-state index is -0.793. The number of hydrogen-bond donors (Lipinski definition) is 1. The van der Waals surface area contributed by atoms with E-state index in [1.54, 1.807) is 0 Å². The van der Waals surface area contributed by atoms with E-state index in [0.29, 0.717) is 32.1 Å². The number of likely N-dealkylation sites (tertiary alicyclic amines) is 1. The first-order valence-corrected chi connectivity index (χ1v) is 9.86. The predicted octanol–water partition coefficient (Wildman–Crippen LogP) is 3.09. The van der Waals surface area contributed by atoms with Crippen molar-refractivity contribution in [2.24, 2.45) is 11.8 Å². The fourth-order valence-electron chi connectivity index (χ4n) is 5.22. The number of ether oxygens (including phenoxy) is 1. The van der Waals surface area contributed by atoms with E-state index in [2.05, 4.69) is 4.90 Å². The van der Waals surface area contributed by atoms with E-state index in [4.69, 9.17) is 4.74 Å². The molecule has 1 aromatic rings. The Bertz CT molecular complexity index is 598. The zero-order valence-corrected chi connectivity index (χ0v) is 14.9. The number of carbonyl (C=O) groups excluding carboxylic acids is 1. The third kappa shape index (κ3) is 3.11. The van der Waals surface area contributed by atoms with Gasteiger partial charge >= 0.3 is 0 Å². The van der Waals surface area contributed by atoms with Crippen molar-refractivity contribution in [1.82, 2.24) is 4.90 Å². The number of amides is 1. The van der Waals surface area contributed by atoms with E-state index in [9.17, 15) is 9.90 Å². The van der Waals surface area contributed by atoms with Gasteiger partial charge in [-0.1, -0.05) is 43.2 Å². The van der Waals surface area contributed by atoms with Crippen LogP contribution in [-0.4, -0.2) is 41.7 Å². The SMILES string of the molecule is O=C(C1CCOCC1)N1CC[C@@](O)(c2ccccc2)[C@H]2CCCC[C@@H]21. The van der Waals surface area contributed by atoms with Crippen molar-refractivity contribution in [3.05, 3.63) is 35.9 Å². The highest BCUT2D eigenvalue weighted by Crippen LogP contribution is 2.47. The molecule has 0 radical (unpaired) electrons. The highest BCUT2D eigenvalue weighted by Gasteiger charge is 2.50. The van der Waals surface area contributed by atoms with Gasteiger partial charge in [0.25, 0.3) is 0 Å². The molecule has 3 atom stereocenters. The predicted molar refractivity (Wildman–Crippen MR) is 96.0 cm³/mol. The van der Waals surface area contributed by atoms with Gasteiger partial charge < -0.3 is 14.7 Å². The summed E-state index contributed by atoms with van der Waals surface area (Å²) in [5.74, 6) is 0.566. The number of hydrogen-bond acceptors (Lipinski definition) is 3. The van der Waals surface area contributed by atoms with E-state index in [-0.39, 0.29) is 17.9 Å². The molecule has 2 aliphatic heterocycles. The van der Waals surface area contributed by atoms with Gasteiger partial charge in [-0.2, -0.15) is 0 Å². The molecule has 1 amide bonds. The van der Waals surface area contributed by atoms with E-state index in [0.717, 1.165) is 44.1 Å². The Morgan fingerprint density at radius 2 is 1.80 bits per heavy atom. The van der Waals surface area contributed by atoms with Crippen molar-refractivity contribution in [3.8, 4) is 0 Å². The molecule has 3 fully saturated rings. The van der Waals surface area contributed by atoms with Crippen LogP contribution in [0.1, 0.15) is 50.5 Å². The molecule has 0 aromatic heterocycles. The second-order valence-electron chi connectivity index (χ2n) is 7.92. The zero-order valence-electron chi connectivity index (χ0n) is 14.9. The Labute approximate surface area is 150 Å². The molecule has 2 saturated heterocycles. The fraction of sp³-hybridized carbons (Fsp3) is 0.667. The van der Waals surface area contributed by atoms with E-state index < -0.39 is 5.60 Å². The Morgan fingerprint density at radius 3 is 2.56 bits per heavy atom. The number of fused-ring (bicyclic) bond motifs is 1. The first-order valence-electron chi connectivity index (χ1n) is 9.86. The second kappa shape index (κ2) is 7.08. The van der Waals surface area contributed by atoms with Crippen molar-refractivity contribution >= 4 is 5.91 Å². The van der Waals surface area contributed by atoms with Crippen LogP contribution in [0.2, 0.25) is 0 Å². The average molecular weight is 343 g/mol. The Hall–Kier alpha value is -1.39. The Kier molecular flexibility index (Phi) is 4.83. The summed E-state index contributed by atoms with van der Waals surface area (Å²) in [5.41, 5.74) is 0.226. The molecule has 0 spiro atoms. The lowest BCUT2D eigenvalue weighted by atomic mass is 9.66. The summed E-state index contributed by atoms with van der Waals surface area (Å²) in [5, 5.41) is 11.6. The van der Waals surface area contributed by atoms with Gasteiger partial charge in [-0.3, -0.25) is 4.79 Å². The van der Waals surface area contributed by atoms with Crippen LogP contribution < -0.4 is 0 Å². The molecule has 1 N–H and O–H groups in total. The molecule has 2 heterocycles. The van der Waals surface area contributed by atoms with Crippen molar-refractivity contribution < 1.29 is 14.6 Å². The van der Waals surface area contributed by atoms with Gasteiger partial charge in [-0.15, -0.1) is 0 Å². The van der Waals surface area contributed by atoms with Crippen molar-refractivity contribution in [2.75, 3.05) is 19.8 Å². The summed E-state index contributed by atoms with van der Waals surface area (Å²) >= 11 is 0. The normalized spacial score (nSPS) is 33.7. The topological polar surface area (TPSA) is 49.8 Å². The third-order valence-corrected chi connectivity index (χ3v) is 6.60. The number of carbonyl (C=O) groups is 1. The number of benzene rings is 1. The molecule has 4 nitrogen and oxygen atoms in total. The summed E-state index contributed by atoms with van der Waals surface area (Å²) in [6, 6.07) is 10.3. The Balaban J connectivity index is 1.59. The molecule has 4 rings (SSSR count). The third-order valence-electron chi connectivity index (χ3n) is 6.60. The zero-order chi connectivity index (χ0) is 17.3. The summed E-state index contributed by atoms with van der Waals surface area (Å²) in [4.78, 5) is 15.3. The molecule has 1 aromatic carbocycles. The van der Waals surface area contributed by atoms with Crippen molar-refractivity contribution in [2.45, 2.75) is 56.6 Å². The molecule has 136 valence electrons. The molecule has 1 aliphatic carbocycles. The van der Waals surface area contributed by atoms with Gasteiger partial charge in [0.15, 0.2) is 0 Å². The highest BCUT2D eigenvalue weighted by atomic mass is 16.5. The van der Waals surface area contributed by atoms with Gasteiger partial charge in [0.05, 0.1) is 5.60 Å². The second-order valence-corrected chi connectivity index (χ2v) is 7.92. The quantitative estimate of drug-likeness (QED) is 0.898. The summed E-state index contributed by atoms with van der Waals surface area (Å²) in [6.45, 7) is 2.07. The van der Waals surface area contributed by atoms with Crippen LogP contribution >= 0.6 is 0 Å². The summed E-state index contributed by atoms with van der Waals surface area (Å²) in [6.07, 6.45) is 6.67. The van der Waals surface area contributed by atoms with Crippen LogP contribution in [0.4, 0.5) is 0 Å². The van der Waals surface area contributed by atoms with E-state index in [1.807, 2.05) is 30.3 Å². The van der Waals surface area contributed by atoms with Crippen LogP contribution in [0.5, 0.6) is 0 Å². The monoisotopic (exact) mass is 343 g/mol. The first-order chi connectivity index (χ1) is 12.2. The lowest BCUT2D eigenvalue weighted by molar-refractivity contribution is -0.161. The summed E-state index contributed by atoms with van der Waals surface area (Å²) in [7, 11) is 0. The van der Waals surface area contributed by atoms with Gasteiger partial charge in [0, 0.05) is 37.6 Å². The number of piperidine rings is 1. The van der Waals surface area contributed by atoms with Gasteiger partial charge in [0.1, 0.15) is 0 Å². The maximum absolute atomic E-state index is 13.1. The van der Waals surface area contributed by atoms with Gasteiger partial charge in [-0.05, 0) is 37.7 Å². The van der Waals surface area contributed by atoms with E-state index in [1.165, 1.54) is 0 Å². The van der Waals surface area contributed by atoms with Gasteiger partial charge in [0.2, 0.25) is 5.91 Å². The molecule has 1 saturated carbocycles. The smallest absolute Gasteiger partial charge is 0.226 e. The maximum atomic E-state index is 13.1. The van der Waals surface area contributed by atoms with Gasteiger partial charge in [-0.25, -0.2) is 0 Å². The summed E-state index contributed by atoms with van der Waals surface area (Å²) < 4.78 is 5.42. The van der Waals surface area contributed by atoms with Crippen LogP contribution in [0.3, 0.4) is 0 Å². The molecule has 25 heavy (non-hydrogen) atoms. The minimum Gasteiger partial charge on any atom is -0.385 e. The molecule has 0 bridgehead atoms. The van der Waals surface area contributed by atoms with Crippen LogP contribution in [-0.2, 0) is 15.1 Å². The van der Waals surface area contributed by atoms with Crippen molar-refractivity contribution in [1.29, 1.82) is 0 Å². The molecular weight excluding hydrogens is 314 g/mol. The molecule has 4 heteroatoms. The Morgan fingerprint density at radius 1 is 1.08 bits per heavy atom. The maximum Gasteiger partial charge on any atom is 0.226 e. The lowest BCUT2D eigenvalue weighted by Crippen LogP contribution is -2.60. The molecule has 3 aliphatic rings. The standard InChI is InChI=1S/C21H29NO3/c23-20(16-10-14-25-15-11-16)22-13-12-21(24,17-6-2-1-3-7-17)18-8-4-5-9-19(18)22/h1-3,6-7,16,18-19,24H,4-5,8-15H2/t18-,19-,21+/m0/s1. The molecular formula is C21H29NO3. The fourth-order valence-corrected chi connectivity index (χ4v) is 5.22. The van der Waals surface area contributed by atoms with E-state index >= 15 is 0 Å². The highest BCUT2D eigenvalue weighted by molar-refractivity contribution is 5.79. The lowest BCUT2D eigenvalue weighted by Gasteiger charge is -2.53. The molecule has 0 unspecified atom stereocenters. The van der Waals surface area contributed by atoms with Crippen LogP contribution in [0.25, 0.3) is 0 Å².